The third-order valence-electron chi connectivity index (χ3n) is 4.02. The smallest absolute Gasteiger partial charge is 0.323 e. The molecule has 0 bridgehead atoms. The maximum absolute atomic E-state index is 12.8. The van der Waals surface area contributed by atoms with Crippen molar-refractivity contribution in [3.05, 3.63) is 0 Å². The van der Waals surface area contributed by atoms with Gasteiger partial charge in [0.25, 0.3) is 0 Å². The molecule has 6 nitrogen and oxygen atoms in total. The summed E-state index contributed by atoms with van der Waals surface area (Å²) in [5.74, 6) is -3.20. The first-order valence-corrected chi connectivity index (χ1v) is 8.55. The van der Waals surface area contributed by atoms with Crippen molar-refractivity contribution >= 4 is 17.7 Å². The summed E-state index contributed by atoms with van der Waals surface area (Å²) in [6, 6.07) is 0. The Morgan fingerprint density at radius 1 is 0.870 bits per heavy atom. The van der Waals surface area contributed by atoms with E-state index in [0.717, 1.165) is 32.1 Å². The lowest BCUT2D eigenvalue weighted by Gasteiger charge is -2.28. The third-order valence-corrected chi connectivity index (χ3v) is 4.02. The first kappa shape index (κ1) is 19.6. The average molecular weight is 328 g/mol. The Bertz CT molecular complexity index is 382. The molecule has 1 aliphatic rings. The van der Waals surface area contributed by atoms with Gasteiger partial charge in [-0.1, -0.05) is 19.3 Å². The molecule has 1 rings (SSSR count). The highest BCUT2D eigenvalue weighted by Crippen LogP contribution is 2.28. The van der Waals surface area contributed by atoms with Gasteiger partial charge in [0.1, 0.15) is 6.10 Å². The highest BCUT2D eigenvalue weighted by molar-refractivity contribution is 6.02. The predicted octanol–water partition coefficient (Wildman–Crippen LogP) is 2.28. The highest BCUT2D eigenvalue weighted by Gasteiger charge is 2.44. The molecule has 1 saturated carbocycles. The Hall–Kier alpha value is -1.43. The lowest BCUT2D eigenvalue weighted by atomic mass is 9.81. The number of hydrogen-bond acceptors (Lipinski definition) is 6. The van der Waals surface area contributed by atoms with Gasteiger partial charge in [-0.3, -0.25) is 14.4 Å². The molecule has 0 N–H and O–H groups in total. The Labute approximate surface area is 137 Å². The minimum absolute atomic E-state index is 0.130. The largest absolute Gasteiger partial charge is 0.465 e. The van der Waals surface area contributed by atoms with Crippen molar-refractivity contribution in [3.8, 4) is 0 Å². The number of carbonyl (C=O) groups is 3. The van der Waals surface area contributed by atoms with E-state index in [-0.39, 0.29) is 31.5 Å². The second-order valence-corrected chi connectivity index (χ2v) is 5.60. The topological polar surface area (TPSA) is 78.9 Å². The first-order valence-electron chi connectivity index (χ1n) is 8.55. The van der Waals surface area contributed by atoms with Crippen molar-refractivity contribution in [2.24, 2.45) is 11.8 Å². The van der Waals surface area contributed by atoms with Gasteiger partial charge in [-0.25, -0.2) is 0 Å². The molecular weight excluding hydrogens is 300 g/mol. The molecule has 1 atom stereocenters. The van der Waals surface area contributed by atoms with Crippen molar-refractivity contribution in [1.82, 2.24) is 0 Å². The van der Waals surface area contributed by atoms with E-state index in [1.165, 1.54) is 0 Å². The SMILES string of the molecule is CCOC(=O)C(C(=O)OCC)[C@@H](OCC)C(=O)C1CCCCC1. The van der Waals surface area contributed by atoms with Crippen LogP contribution in [0.3, 0.4) is 0 Å². The van der Waals surface area contributed by atoms with Gasteiger partial charge in [-0.2, -0.15) is 0 Å². The molecule has 0 unspecified atom stereocenters. The van der Waals surface area contributed by atoms with Crippen LogP contribution in [0, 0.1) is 11.8 Å². The summed E-state index contributed by atoms with van der Waals surface area (Å²) in [5.41, 5.74) is 0. The molecule has 0 amide bonds. The molecule has 6 heteroatoms. The zero-order valence-corrected chi connectivity index (χ0v) is 14.3. The van der Waals surface area contributed by atoms with Gasteiger partial charge < -0.3 is 14.2 Å². The maximum Gasteiger partial charge on any atom is 0.323 e. The summed E-state index contributed by atoms with van der Waals surface area (Å²) < 4.78 is 15.4. The molecular formula is C17H28O6. The summed E-state index contributed by atoms with van der Waals surface area (Å²) in [6.45, 7) is 5.53. The fraction of sp³-hybridized carbons (Fsp3) is 0.824. The van der Waals surface area contributed by atoms with Crippen LogP contribution in [0.25, 0.3) is 0 Å². The normalized spacial score (nSPS) is 16.9. The Morgan fingerprint density at radius 2 is 1.39 bits per heavy atom. The number of ketones is 1. The molecule has 0 aromatic rings. The van der Waals surface area contributed by atoms with E-state index in [0.29, 0.717) is 0 Å². The van der Waals surface area contributed by atoms with Gasteiger partial charge in [0.15, 0.2) is 11.7 Å². The second kappa shape index (κ2) is 10.4. The predicted molar refractivity (Wildman–Crippen MR) is 83.8 cm³/mol. The third kappa shape index (κ3) is 5.61. The minimum Gasteiger partial charge on any atom is -0.465 e. The summed E-state index contributed by atoms with van der Waals surface area (Å²) in [6.07, 6.45) is 3.52. The van der Waals surface area contributed by atoms with Crippen LogP contribution in [0.15, 0.2) is 0 Å². The van der Waals surface area contributed by atoms with E-state index in [2.05, 4.69) is 0 Å². The van der Waals surface area contributed by atoms with Crippen molar-refractivity contribution in [1.29, 1.82) is 0 Å². The lowest BCUT2D eigenvalue weighted by Crippen LogP contribution is -2.46. The van der Waals surface area contributed by atoms with Crippen LogP contribution in [-0.4, -0.2) is 43.6 Å². The number of hydrogen-bond donors (Lipinski definition) is 0. The van der Waals surface area contributed by atoms with Crippen LogP contribution < -0.4 is 0 Å². The molecule has 23 heavy (non-hydrogen) atoms. The van der Waals surface area contributed by atoms with Crippen LogP contribution >= 0.6 is 0 Å². The number of esters is 2. The van der Waals surface area contributed by atoms with E-state index in [1.54, 1.807) is 20.8 Å². The van der Waals surface area contributed by atoms with E-state index in [4.69, 9.17) is 14.2 Å². The number of Topliss-reactive ketones (excluding diaryl/α,β-unsaturated/α-hetero) is 1. The Balaban J connectivity index is 2.99. The van der Waals surface area contributed by atoms with E-state index >= 15 is 0 Å². The Morgan fingerprint density at radius 3 is 1.83 bits per heavy atom. The molecule has 1 fully saturated rings. The summed E-state index contributed by atoms with van der Waals surface area (Å²) >= 11 is 0. The van der Waals surface area contributed by atoms with Crippen molar-refractivity contribution < 1.29 is 28.6 Å². The van der Waals surface area contributed by atoms with Gasteiger partial charge in [-0.15, -0.1) is 0 Å². The van der Waals surface area contributed by atoms with E-state index in [1.807, 2.05) is 0 Å². The first-order chi connectivity index (χ1) is 11.1. The van der Waals surface area contributed by atoms with Gasteiger partial charge in [0.05, 0.1) is 13.2 Å². The zero-order chi connectivity index (χ0) is 17.2. The highest BCUT2D eigenvalue weighted by atomic mass is 16.6. The van der Waals surface area contributed by atoms with Crippen LogP contribution in [-0.2, 0) is 28.6 Å². The zero-order valence-electron chi connectivity index (χ0n) is 14.3. The molecule has 0 aromatic heterocycles. The molecule has 132 valence electrons. The second-order valence-electron chi connectivity index (χ2n) is 5.60. The van der Waals surface area contributed by atoms with Crippen molar-refractivity contribution in [2.45, 2.75) is 59.0 Å². The number of ether oxygens (including phenoxy) is 3. The molecule has 0 radical (unpaired) electrons. The average Bonchev–Trinajstić information content (AvgIpc) is 2.55. The monoisotopic (exact) mass is 328 g/mol. The molecule has 1 aliphatic carbocycles. The fourth-order valence-electron chi connectivity index (χ4n) is 2.95. The molecule has 0 aromatic carbocycles. The van der Waals surface area contributed by atoms with Gasteiger partial charge in [0, 0.05) is 12.5 Å². The Kier molecular flexibility index (Phi) is 8.84. The van der Waals surface area contributed by atoms with Crippen LogP contribution in [0.2, 0.25) is 0 Å². The lowest BCUT2D eigenvalue weighted by molar-refractivity contribution is -0.173. The van der Waals surface area contributed by atoms with E-state index < -0.39 is 24.0 Å². The van der Waals surface area contributed by atoms with Gasteiger partial charge in [-0.05, 0) is 33.6 Å². The summed E-state index contributed by atoms with van der Waals surface area (Å²) in [5, 5.41) is 0. The minimum atomic E-state index is -1.34. The fourth-order valence-corrected chi connectivity index (χ4v) is 2.95. The molecule has 0 aliphatic heterocycles. The van der Waals surface area contributed by atoms with Crippen LogP contribution in [0.5, 0.6) is 0 Å². The van der Waals surface area contributed by atoms with Crippen molar-refractivity contribution in [2.75, 3.05) is 19.8 Å². The maximum atomic E-state index is 12.8. The molecule has 0 spiro atoms. The van der Waals surface area contributed by atoms with Crippen molar-refractivity contribution in [3.63, 3.8) is 0 Å². The number of rotatable bonds is 9. The standard InChI is InChI=1S/C17H28O6/c1-4-21-15(14(18)12-10-8-7-9-11-12)13(16(19)22-5-2)17(20)23-6-3/h12-13,15H,4-11H2,1-3H3/t15-/m1/s1. The molecule has 0 saturated heterocycles. The molecule has 0 heterocycles. The van der Waals surface area contributed by atoms with E-state index in [9.17, 15) is 14.4 Å². The quantitative estimate of drug-likeness (QED) is 0.477. The number of carbonyl (C=O) groups excluding carboxylic acids is 3. The van der Waals surface area contributed by atoms with Gasteiger partial charge >= 0.3 is 11.9 Å². The summed E-state index contributed by atoms with van der Waals surface area (Å²) in [7, 11) is 0. The van der Waals surface area contributed by atoms with Crippen LogP contribution in [0.4, 0.5) is 0 Å². The summed E-state index contributed by atoms with van der Waals surface area (Å²) in [4.78, 5) is 37.2. The van der Waals surface area contributed by atoms with Gasteiger partial charge in [0.2, 0.25) is 0 Å². The van der Waals surface area contributed by atoms with Crippen LogP contribution in [0.1, 0.15) is 52.9 Å².